The first kappa shape index (κ1) is 6.41. The highest BCUT2D eigenvalue weighted by atomic mass is 16.2. The lowest BCUT2D eigenvalue weighted by Crippen LogP contribution is -1.83. The fourth-order valence-electron chi connectivity index (χ4n) is 1.64. The Morgan fingerprint density at radius 1 is 1.40 bits per heavy atom. The fraction of sp³-hybridized carbons (Fsp3) is 0.778. The first-order valence-electron chi connectivity index (χ1n) is 4.23. The lowest BCUT2D eigenvalue weighted by atomic mass is 10.2. The van der Waals surface area contributed by atoms with Crippen molar-refractivity contribution in [2.75, 3.05) is 6.61 Å². The fourth-order valence-corrected chi connectivity index (χ4v) is 1.64. The van der Waals surface area contributed by atoms with Crippen LogP contribution in [0.2, 0.25) is 0 Å². The van der Waals surface area contributed by atoms with Crippen LogP contribution in [0, 0.1) is 5.92 Å². The average Bonchev–Trinajstić information content (AvgIpc) is 2.77. The van der Waals surface area contributed by atoms with E-state index >= 15 is 0 Å². The van der Waals surface area contributed by atoms with Crippen molar-refractivity contribution in [3.63, 3.8) is 0 Å². The zero-order valence-electron chi connectivity index (χ0n) is 6.27. The van der Waals surface area contributed by atoms with E-state index in [1.54, 1.807) is 11.1 Å². The Bertz CT molecular complexity index is 164. The quantitative estimate of drug-likeness (QED) is 0.590. The highest BCUT2D eigenvalue weighted by Crippen LogP contribution is 2.50. The molecule has 1 heteroatoms. The third-order valence-electron chi connectivity index (χ3n) is 2.46. The van der Waals surface area contributed by atoms with E-state index in [2.05, 4.69) is 0 Å². The molecular weight excluding hydrogens is 124 g/mol. The molecule has 2 fully saturated rings. The molecule has 2 aliphatic rings. The largest absolute Gasteiger partial charge is 0.396 e. The maximum atomic E-state index is 8.57. The van der Waals surface area contributed by atoms with Gasteiger partial charge in [0.15, 0.2) is 0 Å². The van der Waals surface area contributed by atoms with Crippen molar-refractivity contribution in [3.8, 4) is 0 Å². The number of rotatable bonds is 3. The first-order chi connectivity index (χ1) is 4.92. The van der Waals surface area contributed by atoms with Gasteiger partial charge >= 0.3 is 0 Å². The standard InChI is InChI=1S/C9H14O/c10-5-1-2-8-6-9(8)7-3-4-7/h8,10H,1-6H2. The van der Waals surface area contributed by atoms with Crippen LogP contribution in [-0.4, -0.2) is 11.7 Å². The summed E-state index contributed by atoms with van der Waals surface area (Å²) >= 11 is 0. The Morgan fingerprint density at radius 2 is 2.20 bits per heavy atom. The molecule has 2 rings (SSSR count). The van der Waals surface area contributed by atoms with Crippen molar-refractivity contribution in [2.45, 2.75) is 32.1 Å². The molecule has 1 N–H and O–H groups in total. The third-order valence-corrected chi connectivity index (χ3v) is 2.46. The summed E-state index contributed by atoms with van der Waals surface area (Å²) < 4.78 is 0. The minimum atomic E-state index is 0.374. The summed E-state index contributed by atoms with van der Waals surface area (Å²) in [7, 11) is 0. The van der Waals surface area contributed by atoms with Crippen LogP contribution in [0.5, 0.6) is 0 Å². The Morgan fingerprint density at radius 3 is 2.80 bits per heavy atom. The molecule has 0 radical (unpaired) electrons. The van der Waals surface area contributed by atoms with Crippen LogP contribution in [0.4, 0.5) is 0 Å². The Hall–Kier alpha value is -0.300. The monoisotopic (exact) mass is 138 g/mol. The van der Waals surface area contributed by atoms with E-state index in [4.69, 9.17) is 5.11 Å². The van der Waals surface area contributed by atoms with Crippen molar-refractivity contribution < 1.29 is 5.11 Å². The summed E-state index contributed by atoms with van der Waals surface area (Å²) in [5, 5.41) is 8.57. The summed E-state index contributed by atoms with van der Waals surface area (Å²) in [5.74, 6) is 0.893. The molecule has 0 aromatic heterocycles. The number of aliphatic hydroxyl groups excluding tert-OH is 1. The van der Waals surface area contributed by atoms with Gasteiger partial charge in [-0.15, -0.1) is 0 Å². The summed E-state index contributed by atoms with van der Waals surface area (Å²) in [6, 6.07) is 0. The SMILES string of the molecule is OCCCC1CC1=C1CC1. The van der Waals surface area contributed by atoms with Crippen LogP contribution in [0.15, 0.2) is 11.1 Å². The maximum Gasteiger partial charge on any atom is 0.0431 e. The van der Waals surface area contributed by atoms with E-state index in [9.17, 15) is 0 Å². The molecule has 2 saturated carbocycles. The Balaban J connectivity index is 1.74. The predicted octanol–water partition coefficient (Wildman–Crippen LogP) is 1.87. The molecule has 0 bridgehead atoms. The van der Waals surface area contributed by atoms with E-state index in [0.717, 1.165) is 12.3 Å². The van der Waals surface area contributed by atoms with Crippen LogP contribution < -0.4 is 0 Å². The van der Waals surface area contributed by atoms with Crippen molar-refractivity contribution in [1.29, 1.82) is 0 Å². The second kappa shape index (κ2) is 2.39. The molecule has 0 saturated heterocycles. The minimum absolute atomic E-state index is 0.374. The van der Waals surface area contributed by atoms with Gasteiger partial charge in [0, 0.05) is 6.61 Å². The average molecular weight is 138 g/mol. The Labute approximate surface area is 61.8 Å². The Kier molecular flexibility index (Phi) is 1.53. The smallest absolute Gasteiger partial charge is 0.0431 e. The second-order valence-electron chi connectivity index (χ2n) is 3.40. The normalized spacial score (nSPS) is 29.1. The molecule has 56 valence electrons. The predicted molar refractivity (Wildman–Crippen MR) is 40.7 cm³/mol. The van der Waals surface area contributed by atoms with Gasteiger partial charge in [0.2, 0.25) is 0 Å². The van der Waals surface area contributed by atoms with E-state index in [-0.39, 0.29) is 0 Å². The van der Waals surface area contributed by atoms with Gasteiger partial charge in [0.25, 0.3) is 0 Å². The van der Waals surface area contributed by atoms with Gasteiger partial charge in [0.05, 0.1) is 0 Å². The second-order valence-corrected chi connectivity index (χ2v) is 3.40. The molecule has 0 heterocycles. The summed E-state index contributed by atoms with van der Waals surface area (Å²) in [6.45, 7) is 0.374. The number of hydrogen-bond donors (Lipinski definition) is 1. The maximum absolute atomic E-state index is 8.57. The van der Waals surface area contributed by atoms with Crippen molar-refractivity contribution in [2.24, 2.45) is 5.92 Å². The highest BCUT2D eigenvalue weighted by molar-refractivity contribution is 5.36. The van der Waals surface area contributed by atoms with Crippen LogP contribution in [0.3, 0.4) is 0 Å². The van der Waals surface area contributed by atoms with Gasteiger partial charge in [-0.2, -0.15) is 0 Å². The molecule has 10 heavy (non-hydrogen) atoms. The van der Waals surface area contributed by atoms with Gasteiger partial charge in [-0.3, -0.25) is 0 Å². The van der Waals surface area contributed by atoms with Gasteiger partial charge in [0.1, 0.15) is 0 Å². The zero-order valence-corrected chi connectivity index (χ0v) is 6.27. The van der Waals surface area contributed by atoms with Crippen LogP contribution >= 0.6 is 0 Å². The lowest BCUT2D eigenvalue weighted by molar-refractivity contribution is 0.282. The minimum Gasteiger partial charge on any atom is -0.396 e. The molecular formula is C9H14O. The molecule has 1 nitrogen and oxygen atoms in total. The molecule has 0 aromatic carbocycles. The van der Waals surface area contributed by atoms with Gasteiger partial charge in [-0.25, -0.2) is 0 Å². The van der Waals surface area contributed by atoms with E-state index in [1.165, 1.54) is 25.7 Å². The number of aliphatic hydroxyl groups is 1. The summed E-state index contributed by atoms with van der Waals surface area (Å²) in [5.41, 5.74) is 3.48. The zero-order chi connectivity index (χ0) is 6.97. The molecule has 2 aliphatic carbocycles. The van der Waals surface area contributed by atoms with Crippen molar-refractivity contribution in [1.82, 2.24) is 0 Å². The van der Waals surface area contributed by atoms with E-state index < -0.39 is 0 Å². The number of allylic oxidation sites excluding steroid dienone is 2. The molecule has 0 aliphatic heterocycles. The van der Waals surface area contributed by atoms with Gasteiger partial charge in [-0.1, -0.05) is 11.1 Å². The molecule has 0 aromatic rings. The molecule has 1 unspecified atom stereocenters. The van der Waals surface area contributed by atoms with E-state index in [1.807, 2.05) is 0 Å². The topological polar surface area (TPSA) is 20.2 Å². The lowest BCUT2D eigenvalue weighted by Gasteiger charge is -1.89. The summed E-state index contributed by atoms with van der Waals surface area (Å²) in [6.07, 6.45) is 6.35. The van der Waals surface area contributed by atoms with E-state index in [0.29, 0.717) is 6.61 Å². The number of hydrogen-bond acceptors (Lipinski definition) is 1. The molecule has 0 spiro atoms. The molecule has 1 atom stereocenters. The van der Waals surface area contributed by atoms with Crippen molar-refractivity contribution >= 4 is 0 Å². The van der Waals surface area contributed by atoms with Crippen LogP contribution in [-0.2, 0) is 0 Å². The van der Waals surface area contributed by atoms with Crippen molar-refractivity contribution in [3.05, 3.63) is 11.1 Å². The van der Waals surface area contributed by atoms with Crippen LogP contribution in [0.1, 0.15) is 32.1 Å². The van der Waals surface area contributed by atoms with Gasteiger partial charge in [-0.05, 0) is 38.0 Å². The van der Waals surface area contributed by atoms with Gasteiger partial charge < -0.3 is 5.11 Å². The van der Waals surface area contributed by atoms with Crippen LogP contribution in [0.25, 0.3) is 0 Å². The highest BCUT2D eigenvalue weighted by Gasteiger charge is 2.34. The first-order valence-corrected chi connectivity index (χ1v) is 4.23. The third kappa shape index (κ3) is 1.24. The molecule has 0 amide bonds. The summed E-state index contributed by atoms with van der Waals surface area (Å²) in [4.78, 5) is 0.